The number of carbonyl (C=O) groups is 1. The molecule has 0 aliphatic heterocycles. The van der Waals surface area contributed by atoms with E-state index in [-0.39, 0.29) is 17.4 Å². The van der Waals surface area contributed by atoms with Crippen LogP contribution in [-0.4, -0.2) is 32.7 Å². The molecule has 1 aromatic heterocycles. The number of benzene rings is 2. The van der Waals surface area contributed by atoms with Gasteiger partial charge in [-0.3, -0.25) is 4.79 Å². The van der Waals surface area contributed by atoms with Crippen molar-refractivity contribution in [3.05, 3.63) is 65.7 Å². The molecule has 0 radical (unpaired) electrons. The second-order valence-corrected chi connectivity index (χ2v) is 9.10. The zero-order chi connectivity index (χ0) is 19.8. The summed E-state index contributed by atoms with van der Waals surface area (Å²) >= 11 is 4.45. The molecule has 1 amide bonds. The number of hydrogen-bond acceptors (Lipinski definition) is 8. The molecule has 0 spiro atoms. The molecular formula is C19H18N4O2S3. The van der Waals surface area contributed by atoms with Crippen molar-refractivity contribution in [2.24, 2.45) is 5.10 Å². The van der Waals surface area contributed by atoms with Gasteiger partial charge in [-0.15, -0.1) is 10.2 Å². The highest BCUT2D eigenvalue weighted by Crippen LogP contribution is 2.30. The molecular weight excluding hydrogens is 412 g/mol. The normalized spacial score (nSPS) is 11.4. The van der Waals surface area contributed by atoms with Gasteiger partial charge in [-0.25, -0.2) is 5.43 Å². The number of nitrogens with one attached hydrogen (secondary N) is 1. The molecule has 2 N–H and O–H groups in total. The molecule has 0 fully saturated rings. The Morgan fingerprint density at radius 3 is 2.46 bits per heavy atom. The van der Waals surface area contributed by atoms with Crippen molar-refractivity contribution in [1.29, 1.82) is 0 Å². The molecule has 28 heavy (non-hydrogen) atoms. The lowest BCUT2D eigenvalue weighted by molar-refractivity contribution is -0.118. The summed E-state index contributed by atoms with van der Waals surface area (Å²) < 4.78 is 1.64. The summed E-state index contributed by atoms with van der Waals surface area (Å²) in [5, 5.41) is 21.7. The van der Waals surface area contributed by atoms with Crippen molar-refractivity contribution in [1.82, 2.24) is 15.6 Å². The van der Waals surface area contributed by atoms with Gasteiger partial charge in [0.05, 0.1) is 11.5 Å². The second-order valence-electron chi connectivity index (χ2n) is 5.68. The maximum atomic E-state index is 12.0. The molecule has 0 saturated carbocycles. The Morgan fingerprint density at radius 2 is 1.75 bits per heavy atom. The Morgan fingerprint density at radius 1 is 1.07 bits per heavy atom. The zero-order valence-corrected chi connectivity index (χ0v) is 17.5. The van der Waals surface area contributed by atoms with E-state index in [4.69, 9.17) is 0 Å². The summed E-state index contributed by atoms with van der Waals surface area (Å²) in [7, 11) is 0. The van der Waals surface area contributed by atoms with Crippen LogP contribution < -0.4 is 5.43 Å². The molecule has 1 heterocycles. The highest BCUT2D eigenvalue weighted by atomic mass is 32.2. The van der Waals surface area contributed by atoms with E-state index in [0.29, 0.717) is 5.71 Å². The highest BCUT2D eigenvalue weighted by molar-refractivity contribution is 8.03. The average Bonchev–Trinajstić information content (AvgIpc) is 3.18. The number of nitrogens with zero attached hydrogens (tertiary/aromatic N) is 3. The van der Waals surface area contributed by atoms with Gasteiger partial charge >= 0.3 is 0 Å². The van der Waals surface area contributed by atoms with Crippen LogP contribution >= 0.6 is 34.9 Å². The second kappa shape index (κ2) is 10.3. The molecule has 0 unspecified atom stereocenters. The lowest BCUT2D eigenvalue weighted by Gasteiger charge is -2.02. The number of rotatable bonds is 8. The van der Waals surface area contributed by atoms with Gasteiger partial charge < -0.3 is 5.11 Å². The van der Waals surface area contributed by atoms with Crippen LogP contribution in [0.3, 0.4) is 0 Å². The van der Waals surface area contributed by atoms with E-state index >= 15 is 0 Å². The van der Waals surface area contributed by atoms with Crippen molar-refractivity contribution < 1.29 is 9.90 Å². The Kier molecular flexibility index (Phi) is 7.46. The molecule has 0 atom stereocenters. The fourth-order valence-electron chi connectivity index (χ4n) is 2.11. The molecule has 144 valence electrons. The van der Waals surface area contributed by atoms with Crippen LogP contribution in [0.4, 0.5) is 0 Å². The standard InChI is InChI=1S/C19H18N4O2S3/c1-13(15-7-9-16(24)10-8-15)20-21-17(25)12-27-19-23-22-18(28-19)26-11-14-5-3-2-4-6-14/h2-10,24H,11-12H2,1H3,(H,21,25)/b20-13+. The summed E-state index contributed by atoms with van der Waals surface area (Å²) in [6, 6.07) is 16.8. The van der Waals surface area contributed by atoms with Gasteiger partial charge in [-0.1, -0.05) is 65.2 Å². The third kappa shape index (κ3) is 6.36. The zero-order valence-electron chi connectivity index (χ0n) is 15.0. The smallest absolute Gasteiger partial charge is 0.250 e. The minimum Gasteiger partial charge on any atom is -0.508 e. The van der Waals surface area contributed by atoms with Crippen LogP contribution in [0.15, 0.2) is 68.4 Å². The molecule has 0 aliphatic carbocycles. The molecule has 0 saturated heterocycles. The molecule has 2 aromatic carbocycles. The van der Waals surface area contributed by atoms with Crippen molar-refractivity contribution in [3.63, 3.8) is 0 Å². The maximum absolute atomic E-state index is 12.0. The third-order valence-electron chi connectivity index (χ3n) is 3.55. The summed E-state index contributed by atoms with van der Waals surface area (Å²) in [5.41, 5.74) is 5.26. The van der Waals surface area contributed by atoms with Crippen molar-refractivity contribution >= 4 is 46.5 Å². The van der Waals surface area contributed by atoms with Crippen LogP contribution in [0.2, 0.25) is 0 Å². The topological polar surface area (TPSA) is 87.5 Å². The summed E-state index contributed by atoms with van der Waals surface area (Å²) in [4.78, 5) is 12.0. The summed E-state index contributed by atoms with van der Waals surface area (Å²) in [6.07, 6.45) is 0. The van der Waals surface area contributed by atoms with Gasteiger partial charge in [0.15, 0.2) is 8.68 Å². The molecule has 3 aromatic rings. The fourth-order valence-corrected chi connectivity index (χ4v) is 4.87. The molecule has 0 aliphatic rings. The first-order chi connectivity index (χ1) is 13.6. The Bertz CT molecular complexity index is 943. The number of thioether (sulfide) groups is 2. The lowest BCUT2D eigenvalue weighted by Crippen LogP contribution is -2.21. The Balaban J connectivity index is 1.44. The average molecular weight is 431 g/mol. The Labute approximate surface area is 175 Å². The first-order valence-corrected chi connectivity index (χ1v) is 11.1. The number of phenolic OH excluding ortho intramolecular Hbond substituents is 1. The number of aromatic nitrogens is 2. The first-order valence-electron chi connectivity index (χ1n) is 8.36. The minimum atomic E-state index is -0.211. The predicted octanol–water partition coefficient (Wildman–Crippen LogP) is 4.17. The number of hydrazone groups is 1. The predicted molar refractivity (Wildman–Crippen MR) is 115 cm³/mol. The van der Waals surface area contributed by atoms with Crippen LogP contribution in [-0.2, 0) is 10.5 Å². The van der Waals surface area contributed by atoms with Crippen LogP contribution in [0.1, 0.15) is 18.1 Å². The largest absolute Gasteiger partial charge is 0.508 e. The van der Waals surface area contributed by atoms with E-state index in [1.54, 1.807) is 43.0 Å². The van der Waals surface area contributed by atoms with Crippen molar-refractivity contribution in [2.45, 2.75) is 21.4 Å². The molecule has 0 bridgehead atoms. The third-order valence-corrected chi connectivity index (χ3v) is 6.81. The molecule has 3 rings (SSSR count). The highest BCUT2D eigenvalue weighted by Gasteiger charge is 2.09. The van der Waals surface area contributed by atoms with E-state index in [2.05, 4.69) is 32.9 Å². The van der Waals surface area contributed by atoms with E-state index in [1.807, 2.05) is 18.2 Å². The summed E-state index contributed by atoms with van der Waals surface area (Å²) in [6.45, 7) is 1.79. The monoisotopic (exact) mass is 430 g/mol. The van der Waals surface area contributed by atoms with Gasteiger partial charge in [-0.05, 0) is 42.3 Å². The van der Waals surface area contributed by atoms with Crippen molar-refractivity contribution in [2.75, 3.05) is 5.75 Å². The van der Waals surface area contributed by atoms with E-state index in [1.165, 1.54) is 28.7 Å². The number of carbonyl (C=O) groups excluding carboxylic acids is 1. The molecule has 6 nitrogen and oxygen atoms in total. The fraction of sp³-hybridized carbons (Fsp3) is 0.158. The van der Waals surface area contributed by atoms with Gasteiger partial charge in [0.25, 0.3) is 5.91 Å². The van der Waals surface area contributed by atoms with Crippen molar-refractivity contribution in [3.8, 4) is 5.75 Å². The van der Waals surface area contributed by atoms with E-state index < -0.39 is 0 Å². The maximum Gasteiger partial charge on any atom is 0.250 e. The van der Waals surface area contributed by atoms with Gasteiger partial charge in [-0.2, -0.15) is 5.10 Å². The number of hydrogen-bond donors (Lipinski definition) is 2. The SMILES string of the molecule is C/C(=N\NC(=O)CSc1nnc(SCc2ccccc2)s1)c1ccc(O)cc1. The van der Waals surface area contributed by atoms with Gasteiger partial charge in [0.2, 0.25) is 0 Å². The number of amides is 1. The number of aromatic hydroxyl groups is 1. The van der Waals surface area contributed by atoms with Crippen LogP contribution in [0, 0.1) is 0 Å². The van der Waals surface area contributed by atoms with E-state index in [0.717, 1.165) is 20.0 Å². The van der Waals surface area contributed by atoms with Crippen LogP contribution in [0.5, 0.6) is 5.75 Å². The van der Waals surface area contributed by atoms with Crippen LogP contribution in [0.25, 0.3) is 0 Å². The summed E-state index contributed by atoms with van der Waals surface area (Å²) in [5.74, 6) is 1.03. The van der Waals surface area contributed by atoms with E-state index in [9.17, 15) is 9.90 Å². The lowest BCUT2D eigenvalue weighted by atomic mass is 10.1. The van der Waals surface area contributed by atoms with Gasteiger partial charge in [0, 0.05) is 5.75 Å². The minimum absolute atomic E-state index is 0.190. The quantitative estimate of drug-likeness (QED) is 0.317. The van der Waals surface area contributed by atoms with Gasteiger partial charge in [0.1, 0.15) is 5.75 Å². The first kappa shape index (κ1) is 20.4. The number of phenols is 1. The Hall–Kier alpha value is -2.36. The molecule has 9 heteroatoms.